The molecule has 0 aliphatic carbocycles. The molecule has 0 radical (unpaired) electrons. The number of allylic oxidation sites excluding steroid dienone is 1. The van der Waals surface area contributed by atoms with Gasteiger partial charge in [0, 0.05) is 11.4 Å². The van der Waals surface area contributed by atoms with Gasteiger partial charge in [-0.3, -0.25) is 4.79 Å². The molecule has 1 rings (SSSR count). The molecule has 0 bridgehead atoms. The first-order valence-corrected chi connectivity index (χ1v) is 7.59. The van der Waals surface area contributed by atoms with Gasteiger partial charge in [-0.05, 0) is 37.0 Å². The lowest BCUT2D eigenvalue weighted by Gasteiger charge is -2.00. The minimum absolute atomic E-state index is 0.101. The van der Waals surface area contributed by atoms with Crippen LogP contribution in [0.25, 0.3) is 6.08 Å². The van der Waals surface area contributed by atoms with Gasteiger partial charge in [0.2, 0.25) is 0 Å². The molecule has 0 aliphatic rings. The first-order chi connectivity index (χ1) is 9.72. The highest BCUT2D eigenvalue weighted by molar-refractivity contribution is 6.30. The molecule has 20 heavy (non-hydrogen) atoms. The van der Waals surface area contributed by atoms with E-state index in [-0.39, 0.29) is 5.97 Å². The van der Waals surface area contributed by atoms with Crippen LogP contribution in [-0.4, -0.2) is 13.1 Å². The Morgan fingerprint density at radius 1 is 1.10 bits per heavy atom. The number of methoxy groups -OCH3 is 1. The zero-order valence-electron chi connectivity index (χ0n) is 12.1. The van der Waals surface area contributed by atoms with Crippen molar-refractivity contribution in [2.45, 2.75) is 44.9 Å². The molecule has 2 nitrogen and oxygen atoms in total. The first-order valence-electron chi connectivity index (χ1n) is 7.21. The smallest absolute Gasteiger partial charge is 0.305 e. The number of halogens is 1. The lowest BCUT2D eigenvalue weighted by molar-refractivity contribution is -0.140. The van der Waals surface area contributed by atoms with E-state index in [2.05, 4.69) is 16.9 Å². The van der Waals surface area contributed by atoms with E-state index >= 15 is 0 Å². The maximum Gasteiger partial charge on any atom is 0.305 e. The summed E-state index contributed by atoms with van der Waals surface area (Å²) in [4.78, 5) is 10.9. The molecule has 0 saturated heterocycles. The summed E-state index contributed by atoms with van der Waals surface area (Å²) in [5, 5.41) is 0.772. The van der Waals surface area contributed by atoms with Crippen LogP contribution in [0.2, 0.25) is 5.02 Å². The molecule has 0 atom stereocenters. The van der Waals surface area contributed by atoms with Crippen LogP contribution in [0.4, 0.5) is 0 Å². The molecule has 0 unspecified atom stereocenters. The Morgan fingerprint density at radius 2 is 1.75 bits per heavy atom. The fourth-order valence-corrected chi connectivity index (χ4v) is 2.08. The van der Waals surface area contributed by atoms with Crippen molar-refractivity contribution in [2.75, 3.05) is 7.11 Å². The van der Waals surface area contributed by atoms with Gasteiger partial charge in [0.25, 0.3) is 0 Å². The van der Waals surface area contributed by atoms with Crippen LogP contribution >= 0.6 is 11.6 Å². The number of carbonyl (C=O) groups excluding carboxylic acids is 1. The molecule has 0 amide bonds. The number of unbranched alkanes of at least 4 members (excludes halogenated alkanes) is 5. The molecule has 0 fully saturated rings. The Labute approximate surface area is 126 Å². The Balaban J connectivity index is 1.99. The third-order valence-electron chi connectivity index (χ3n) is 3.16. The summed E-state index contributed by atoms with van der Waals surface area (Å²) >= 11 is 5.83. The summed E-state index contributed by atoms with van der Waals surface area (Å²) in [5.74, 6) is -0.101. The highest BCUT2D eigenvalue weighted by Gasteiger charge is 1.98. The fraction of sp³-hybridized carbons (Fsp3) is 0.471. The van der Waals surface area contributed by atoms with Gasteiger partial charge in [-0.15, -0.1) is 0 Å². The number of hydrogen-bond acceptors (Lipinski definition) is 2. The van der Waals surface area contributed by atoms with Gasteiger partial charge in [-0.25, -0.2) is 0 Å². The predicted molar refractivity (Wildman–Crippen MR) is 84.8 cm³/mol. The van der Waals surface area contributed by atoms with E-state index in [1.165, 1.54) is 31.9 Å². The lowest BCUT2D eigenvalue weighted by atomic mass is 10.1. The monoisotopic (exact) mass is 294 g/mol. The molecule has 0 heterocycles. The van der Waals surface area contributed by atoms with Crippen LogP contribution in [0.5, 0.6) is 0 Å². The summed E-state index contributed by atoms with van der Waals surface area (Å²) in [5.41, 5.74) is 1.19. The van der Waals surface area contributed by atoms with Crippen LogP contribution in [0, 0.1) is 0 Å². The maximum absolute atomic E-state index is 10.9. The van der Waals surface area contributed by atoms with E-state index in [1.54, 1.807) is 0 Å². The maximum atomic E-state index is 10.9. The van der Waals surface area contributed by atoms with Crippen molar-refractivity contribution in [3.05, 3.63) is 40.9 Å². The van der Waals surface area contributed by atoms with Gasteiger partial charge < -0.3 is 4.74 Å². The summed E-state index contributed by atoms with van der Waals surface area (Å²) < 4.78 is 4.60. The van der Waals surface area contributed by atoms with Crippen molar-refractivity contribution < 1.29 is 9.53 Å². The van der Waals surface area contributed by atoms with Crippen LogP contribution in [0.15, 0.2) is 30.3 Å². The molecule has 0 N–H and O–H groups in total. The number of hydrogen-bond donors (Lipinski definition) is 0. The largest absolute Gasteiger partial charge is 0.469 e. The Morgan fingerprint density at radius 3 is 2.45 bits per heavy atom. The van der Waals surface area contributed by atoms with Crippen LogP contribution < -0.4 is 0 Å². The molecule has 3 heteroatoms. The van der Waals surface area contributed by atoms with Gasteiger partial charge in [0.1, 0.15) is 0 Å². The standard InChI is InChI=1S/C17H23ClO2/c1-20-17(19)10-8-6-4-2-3-5-7-9-15-11-13-16(18)14-12-15/h7,9,11-14H,2-6,8,10H2,1H3/b9-7+. The summed E-state index contributed by atoms with van der Waals surface area (Å²) in [6.07, 6.45) is 11.6. The van der Waals surface area contributed by atoms with E-state index in [0.717, 1.165) is 24.3 Å². The first kappa shape index (κ1) is 16.8. The second-order valence-corrected chi connectivity index (χ2v) is 5.27. The average molecular weight is 295 g/mol. The molecule has 0 saturated carbocycles. The number of benzene rings is 1. The molecule has 0 spiro atoms. The SMILES string of the molecule is COC(=O)CCCCCCC/C=C/c1ccc(Cl)cc1. The predicted octanol–water partition coefficient (Wildman–Crippen LogP) is 5.26. The summed E-state index contributed by atoms with van der Waals surface area (Å²) in [6, 6.07) is 7.85. The van der Waals surface area contributed by atoms with Crippen LogP contribution in [0.1, 0.15) is 50.5 Å². The molecule has 0 aliphatic heterocycles. The zero-order chi connectivity index (χ0) is 14.6. The van der Waals surface area contributed by atoms with Gasteiger partial charge in [-0.2, -0.15) is 0 Å². The highest BCUT2D eigenvalue weighted by Crippen LogP contribution is 2.12. The van der Waals surface area contributed by atoms with E-state index in [4.69, 9.17) is 11.6 Å². The average Bonchev–Trinajstić information content (AvgIpc) is 2.47. The normalized spacial score (nSPS) is 10.9. The van der Waals surface area contributed by atoms with Crippen molar-refractivity contribution >= 4 is 23.6 Å². The molecule has 1 aromatic rings. The highest BCUT2D eigenvalue weighted by atomic mass is 35.5. The number of esters is 1. The van der Waals surface area contributed by atoms with Gasteiger partial charge in [0.15, 0.2) is 0 Å². The third-order valence-corrected chi connectivity index (χ3v) is 3.41. The second kappa shape index (κ2) is 10.5. The molecular formula is C17H23ClO2. The van der Waals surface area contributed by atoms with Crippen molar-refractivity contribution in [1.29, 1.82) is 0 Å². The zero-order valence-corrected chi connectivity index (χ0v) is 12.9. The van der Waals surface area contributed by atoms with Gasteiger partial charge in [0.05, 0.1) is 7.11 Å². The van der Waals surface area contributed by atoms with Gasteiger partial charge in [-0.1, -0.05) is 55.1 Å². The van der Waals surface area contributed by atoms with E-state index in [0.29, 0.717) is 6.42 Å². The molecule has 0 aromatic heterocycles. The third kappa shape index (κ3) is 8.00. The molecular weight excluding hydrogens is 272 g/mol. The minimum Gasteiger partial charge on any atom is -0.469 e. The van der Waals surface area contributed by atoms with E-state index in [1.807, 2.05) is 24.3 Å². The number of ether oxygens (including phenoxy) is 1. The fourth-order valence-electron chi connectivity index (χ4n) is 1.96. The van der Waals surface area contributed by atoms with Gasteiger partial charge >= 0.3 is 5.97 Å². The number of rotatable bonds is 9. The quantitative estimate of drug-likeness (QED) is 0.459. The van der Waals surface area contributed by atoms with Crippen LogP contribution in [0.3, 0.4) is 0 Å². The Kier molecular flexibility index (Phi) is 8.81. The van der Waals surface area contributed by atoms with Crippen molar-refractivity contribution in [3.8, 4) is 0 Å². The minimum atomic E-state index is -0.101. The van der Waals surface area contributed by atoms with Crippen LogP contribution in [-0.2, 0) is 9.53 Å². The number of carbonyl (C=O) groups is 1. The second-order valence-electron chi connectivity index (χ2n) is 4.84. The topological polar surface area (TPSA) is 26.3 Å². The van der Waals surface area contributed by atoms with E-state index < -0.39 is 0 Å². The van der Waals surface area contributed by atoms with Crippen molar-refractivity contribution in [2.24, 2.45) is 0 Å². The van der Waals surface area contributed by atoms with Crippen molar-refractivity contribution in [1.82, 2.24) is 0 Å². The Hall–Kier alpha value is -1.28. The van der Waals surface area contributed by atoms with E-state index in [9.17, 15) is 4.79 Å². The Bertz CT molecular complexity index is 410. The summed E-state index contributed by atoms with van der Waals surface area (Å²) in [6.45, 7) is 0. The lowest BCUT2D eigenvalue weighted by Crippen LogP contribution is -1.98. The van der Waals surface area contributed by atoms with Crippen molar-refractivity contribution in [3.63, 3.8) is 0 Å². The summed E-state index contributed by atoms with van der Waals surface area (Å²) in [7, 11) is 1.44. The molecule has 1 aromatic carbocycles. The molecule has 110 valence electrons.